The van der Waals surface area contributed by atoms with Gasteiger partial charge in [0.1, 0.15) is 0 Å². The normalized spacial score (nSPS) is 14.1. The van der Waals surface area contributed by atoms with E-state index in [9.17, 15) is 4.79 Å². The third-order valence-corrected chi connectivity index (χ3v) is 4.55. The van der Waals surface area contributed by atoms with Gasteiger partial charge in [-0.25, -0.2) is 0 Å². The molecule has 27 heavy (non-hydrogen) atoms. The zero-order valence-corrected chi connectivity index (χ0v) is 18.1. The number of nitrogens with one attached hydrogen (secondary N) is 2. The Balaban J connectivity index is 0.00000261. The maximum Gasteiger partial charge on any atom is 0.227 e. The first kappa shape index (κ1) is 21.1. The largest absolute Gasteiger partial charge is 0.352 e. The Kier molecular flexibility index (Phi) is 8.02. The lowest BCUT2D eigenvalue weighted by atomic mass is 10.2. The van der Waals surface area contributed by atoms with Crippen molar-refractivity contribution in [1.82, 2.24) is 15.6 Å². The van der Waals surface area contributed by atoms with Crippen LogP contribution in [0.15, 0.2) is 47.6 Å². The quantitative estimate of drug-likeness (QED) is 0.393. The number of anilines is 1. The number of halogens is 1. The van der Waals surface area contributed by atoms with Crippen LogP contribution in [0.4, 0.5) is 5.69 Å². The van der Waals surface area contributed by atoms with Crippen molar-refractivity contribution in [2.24, 2.45) is 4.99 Å². The fraction of sp³-hybridized carbons (Fsp3) is 0.350. The molecule has 1 fully saturated rings. The molecular formula is C20H26IN5O. The number of nitrogens with zero attached hydrogens (tertiary/aromatic N) is 3. The summed E-state index contributed by atoms with van der Waals surface area (Å²) in [5.74, 6) is 0.944. The molecule has 2 heterocycles. The van der Waals surface area contributed by atoms with E-state index in [2.05, 4.69) is 20.6 Å². The number of hydrogen-bond acceptors (Lipinski definition) is 3. The Morgan fingerprint density at radius 2 is 1.93 bits per heavy atom. The summed E-state index contributed by atoms with van der Waals surface area (Å²) in [5, 5.41) is 6.59. The molecule has 1 aromatic carbocycles. The summed E-state index contributed by atoms with van der Waals surface area (Å²) in [5.41, 5.74) is 4.28. The van der Waals surface area contributed by atoms with Gasteiger partial charge in [0.25, 0.3) is 0 Å². The summed E-state index contributed by atoms with van der Waals surface area (Å²) < 4.78 is 0. The van der Waals surface area contributed by atoms with Crippen molar-refractivity contribution in [1.29, 1.82) is 0 Å². The summed E-state index contributed by atoms with van der Waals surface area (Å²) >= 11 is 0. The Hall–Kier alpha value is -2.16. The molecule has 144 valence electrons. The molecule has 0 atom stereocenters. The van der Waals surface area contributed by atoms with Gasteiger partial charge in [0, 0.05) is 38.4 Å². The zero-order chi connectivity index (χ0) is 18.4. The Morgan fingerprint density at radius 3 is 2.56 bits per heavy atom. The number of carbonyl (C=O) groups excluding carboxylic acids is 1. The van der Waals surface area contributed by atoms with Crippen LogP contribution < -0.4 is 15.5 Å². The van der Waals surface area contributed by atoms with Crippen LogP contribution >= 0.6 is 24.0 Å². The van der Waals surface area contributed by atoms with Crippen molar-refractivity contribution < 1.29 is 4.79 Å². The average molecular weight is 479 g/mol. The number of aliphatic imine (C=N–C) groups is 1. The molecule has 7 heteroatoms. The van der Waals surface area contributed by atoms with E-state index in [1.807, 2.05) is 48.2 Å². The highest BCUT2D eigenvalue weighted by Gasteiger charge is 2.21. The predicted octanol–water partition coefficient (Wildman–Crippen LogP) is 3.00. The van der Waals surface area contributed by atoms with Gasteiger partial charge < -0.3 is 15.5 Å². The van der Waals surface area contributed by atoms with Gasteiger partial charge >= 0.3 is 0 Å². The molecule has 1 aliphatic rings. The monoisotopic (exact) mass is 479 g/mol. The van der Waals surface area contributed by atoms with Gasteiger partial charge in [0.05, 0.1) is 12.2 Å². The fourth-order valence-electron chi connectivity index (χ4n) is 2.99. The van der Waals surface area contributed by atoms with Crippen molar-refractivity contribution in [2.45, 2.75) is 32.9 Å². The molecule has 3 rings (SSSR count). The summed E-state index contributed by atoms with van der Waals surface area (Å²) in [4.78, 5) is 22.3. The minimum atomic E-state index is 0. The van der Waals surface area contributed by atoms with E-state index >= 15 is 0 Å². The lowest BCUT2D eigenvalue weighted by molar-refractivity contribution is -0.117. The summed E-state index contributed by atoms with van der Waals surface area (Å²) in [7, 11) is 1.75. The van der Waals surface area contributed by atoms with E-state index in [0.29, 0.717) is 19.5 Å². The Labute approximate surface area is 177 Å². The van der Waals surface area contributed by atoms with Crippen LogP contribution in [0.2, 0.25) is 0 Å². The second kappa shape index (κ2) is 10.2. The molecule has 0 bridgehead atoms. The van der Waals surface area contributed by atoms with E-state index in [-0.39, 0.29) is 29.9 Å². The highest BCUT2D eigenvalue weighted by atomic mass is 127. The van der Waals surface area contributed by atoms with Crippen molar-refractivity contribution in [3.63, 3.8) is 0 Å². The number of amides is 1. The standard InChI is InChI=1S/C20H25N5O.HI/c1-15-5-3-11-22-18(15)14-24-20(21-2)23-13-16-7-9-17(10-8-16)25-12-4-6-19(25)26;/h3,5,7-11H,4,6,12-14H2,1-2H3,(H2,21,23,24);1H. The molecule has 0 spiro atoms. The topological polar surface area (TPSA) is 69.6 Å². The van der Waals surface area contributed by atoms with Crippen molar-refractivity contribution >= 4 is 41.5 Å². The van der Waals surface area contributed by atoms with E-state index in [4.69, 9.17) is 0 Å². The number of carbonyl (C=O) groups is 1. The van der Waals surface area contributed by atoms with Crippen molar-refractivity contribution in [2.75, 3.05) is 18.5 Å². The number of aromatic nitrogens is 1. The second-order valence-electron chi connectivity index (χ2n) is 6.36. The fourth-order valence-corrected chi connectivity index (χ4v) is 2.99. The summed E-state index contributed by atoms with van der Waals surface area (Å²) in [6, 6.07) is 12.1. The molecule has 1 aliphatic heterocycles. The third-order valence-electron chi connectivity index (χ3n) is 4.55. The Bertz CT molecular complexity index is 791. The third kappa shape index (κ3) is 5.66. The minimum Gasteiger partial charge on any atom is -0.352 e. The van der Waals surface area contributed by atoms with Crippen LogP contribution in [-0.4, -0.2) is 30.4 Å². The summed E-state index contributed by atoms with van der Waals surface area (Å²) in [6.45, 7) is 4.16. The summed E-state index contributed by atoms with van der Waals surface area (Å²) in [6.07, 6.45) is 3.40. The van der Waals surface area contributed by atoms with Gasteiger partial charge in [-0.1, -0.05) is 18.2 Å². The van der Waals surface area contributed by atoms with Crippen LogP contribution in [0, 0.1) is 6.92 Å². The van der Waals surface area contributed by atoms with E-state index in [1.165, 1.54) is 0 Å². The van der Waals surface area contributed by atoms with Crippen molar-refractivity contribution in [3.05, 3.63) is 59.4 Å². The van der Waals surface area contributed by atoms with Gasteiger partial charge in [-0.2, -0.15) is 0 Å². The van der Waals surface area contributed by atoms with E-state index in [0.717, 1.165) is 41.4 Å². The first-order valence-electron chi connectivity index (χ1n) is 8.91. The minimum absolute atomic E-state index is 0. The number of guanidine groups is 1. The highest BCUT2D eigenvalue weighted by Crippen LogP contribution is 2.21. The SMILES string of the molecule is CN=C(NCc1ccc(N2CCCC2=O)cc1)NCc1ncccc1C.I. The number of aryl methyl sites for hydroxylation is 1. The second-order valence-corrected chi connectivity index (χ2v) is 6.36. The molecule has 0 unspecified atom stereocenters. The van der Waals surface area contributed by atoms with Gasteiger partial charge in [-0.05, 0) is 42.7 Å². The van der Waals surface area contributed by atoms with Crippen LogP contribution in [-0.2, 0) is 17.9 Å². The van der Waals surface area contributed by atoms with Crippen molar-refractivity contribution in [3.8, 4) is 0 Å². The Morgan fingerprint density at radius 1 is 1.19 bits per heavy atom. The molecule has 6 nitrogen and oxygen atoms in total. The van der Waals surface area contributed by atoms with Gasteiger partial charge in [-0.3, -0.25) is 14.8 Å². The number of benzene rings is 1. The molecule has 0 saturated carbocycles. The van der Waals surface area contributed by atoms with Crippen LogP contribution in [0.3, 0.4) is 0 Å². The number of rotatable bonds is 5. The molecule has 1 aromatic heterocycles. The maximum atomic E-state index is 11.8. The zero-order valence-electron chi connectivity index (χ0n) is 15.7. The number of hydrogen-bond donors (Lipinski definition) is 2. The molecule has 1 amide bonds. The molecule has 2 aromatic rings. The van der Waals surface area contributed by atoms with Crippen LogP contribution in [0.5, 0.6) is 0 Å². The lowest BCUT2D eigenvalue weighted by Crippen LogP contribution is -2.36. The predicted molar refractivity (Wildman–Crippen MR) is 119 cm³/mol. The molecule has 0 radical (unpaired) electrons. The van der Waals surface area contributed by atoms with E-state index < -0.39 is 0 Å². The molecule has 2 N–H and O–H groups in total. The first-order valence-corrected chi connectivity index (χ1v) is 8.91. The van der Waals surface area contributed by atoms with E-state index in [1.54, 1.807) is 13.2 Å². The van der Waals surface area contributed by atoms with Crippen LogP contribution in [0.1, 0.15) is 29.7 Å². The first-order chi connectivity index (χ1) is 12.7. The average Bonchev–Trinajstić information content (AvgIpc) is 3.09. The molecular weight excluding hydrogens is 453 g/mol. The van der Waals surface area contributed by atoms with Crippen LogP contribution in [0.25, 0.3) is 0 Å². The highest BCUT2D eigenvalue weighted by molar-refractivity contribution is 14.0. The smallest absolute Gasteiger partial charge is 0.227 e. The van der Waals surface area contributed by atoms with Gasteiger partial charge in [-0.15, -0.1) is 24.0 Å². The maximum absolute atomic E-state index is 11.8. The van der Waals surface area contributed by atoms with Gasteiger partial charge in [0.15, 0.2) is 5.96 Å². The lowest BCUT2D eigenvalue weighted by Gasteiger charge is -2.16. The van der Waals surface area contributed by atoms with Gasteiger partial charge in [0.2, 0.25) is 5.91 Å². The molecule has 1 saturated heterocycles. The molecule has 0 aliphatic carbocycles. The number of pyridine rings is 1.